The molecule has 1 unspecified atom stereocenters. The van der Waals surface area contributed by atoms with Crippen LogP contribution in [0.1, 0.15) is 29.5 Å². The molecule has 3 nitrogen and oxygen atoms in total. The molecule has 3 heterocycles. The second-order valence-electron chi connectivity index (χ2n) is 5.11. The maximum Gasteiger partial charge on any atom is 0.122 e. The van der Waals surface area contributed by atoms with Crippen molar-refractivity contribution >= 4 is 27.3 Å². The SMILES string of the molecule is Brc1ccc(CNCC(c2ccco2)N2CCCC2)s1. The van der Waals surface area contributed by atoms with E-state index in [2.05, 4.69) is 44.3 Å². The minimum atomic E-state index is 0.357. The van der Waals surface area contributed by atoms with Gasteiger partial charge in [0.25, 0.3) is 0 Å². The fourth-order valence-electron chi connectivity index (χ4n) is 2.72. The lowest BCUT2D eigenvalue weighted by Gasteiger charge is -2.26. The number of nitrogens with zero attached hydrogens (tertiary/aromatic N) is 1. The Morgan fingerprint density at radius 1 is 1.30 bits per heavy atom. The van der Waals surface area contributed by atoms with Gasteiger partial charge in [-0.25, -0.2) is 0 Å². The second-order valence-corrected chi connectivity index (χ2v) is 7.66. The quantitative estimate of drug-likeness (QED) is 0.848. The average molecular weight is 355 g/mol. The number of halogens is 1. The van der Waals surface area contributed by atoms with Crippen LogP contribution in [0.5, 0.6) is 0 Å². The molecule has 0 spiro atoms. The highest BCUT2D eigenvalue weighted by Gasteiger charge is 2.25. The van der Waals surface area contributed by atoms with Crippen LogP contribution in [0.3, 0.4) is 0 Å². The Morgan fingerprint density at radius 3 is 2.80 bits per heavy atom. The summed E-state index contributed by atoms with van der Waals surface area (Å²) in [4.78, 5) is 3.88. The molecule has 1 atom stereocenters. The molecule has 0 radical (unpaired) electrons. The minimum Gasteiger partial charge on any atom is -0.468 e. The van der Waals surface area contributed by atoms with Gasteiger partial charge >= 0.3 is 0 Å². The highest BCUT2D eigenvalue weighted by molar-refractivity contribution is 9.11. The fourth-order valence-corrected chi connectivity index (χ4v) is 4.18. The van der Waals surface area contributed by atoms with E-state index >= 15 is 0 Å². The van der Waals surface area contributed by atoms with Crippen LogP contribution in [0, 0.1) is 0 Å². The first-order chi connectivity index (χ1) is 9.83. The molecule has 1 aliphatic heterocycles. The number of hydrogen-bond donors (Lipinski definition) is 1. The van der Waals surface area contributed by atoms with Crippen molar-refractivity contribution in [2.24, 2.45) is 0 Å². The van der Waals surface area contributed by atoms with Crippen LogP contribution in [0.25, 0.3) is 0 Å². The minimum absolute atomic E-state index is 0.357. The summed E-state index contributed by atoms with van der Waals surface area (Å²) in [6.07, 6.45) is 4.37. The van der Waals surface area contributed by atoms with Gasteiger partial charge in [0.05, 0.1) is 16.1 Å². The highest BCUT2D eigenvalue weighted by atomic mass is 79.9. The monoisotopic (exact) mass is 354 g/mol. The summed E-state index contributed by atoms with van der Waals surface area (Å²) >= 11 is 5.29. The first-order valence-corrected chi connectivity index (χ1v) is 8.66. The molecule has 2 aromatic rings. The van der Waals surface area contributed by atoms with E-state index < -0.39 is 0 Å². The Morgan fingerprint density at radius 2 is 2.15 bits per heavy atom. The van der Waals surface area contributed by atoms with Crippen molar-refractivity contribution in [3.63, 3.8) is 0 Å². The van der Waals surface area contributed by atoms with Crippen molar-refractivity contribution in [2.45, 2.75) is 25.4 Å². The number of thiophene rings is 1. The van der Waals surface area contributed by atoms with E-state index in [1.807, 2.05) is 6.07 Å². The van der Waals surface area contributed by atoms with Gasteiger partial charge in [0, 0.05) is 18.0 Å². The molecular weight excluding hydrogens is 336 g/mol. The van der Waals surface area contributed by atoms with Gasteiger partial charge < -0.3 is 9.73 Å². The highest BCUT2D eigenvalue weighted by Crippen LogP contribution is 2.25. The van der Waals surface area contributed by atoms with Crippen molar-refractivity contribution in [3.8, 4) is 0 Å². The van der Waals surface area contributed by atoms with Crippen molar-refractivity contribution in [1.29, 1.82) is 0 Å². The summed E-state index contributed by atoms with van der Waals surface area (Å²) in [5.74, 6) is 1.08. The lowest BCUT2D eigenvalue weighted by atomic mass is 10.2. The zero-order valence-electron chi connectivity index (χ0n) is 11.3. The van der Waals surface area contributed by atoms with Crippen molar-refractivity contribution in [3.05, 3.63) is 45.0 Å². The molecule has 108 valence electrons. The summed E-state index contributed by atoms with van der Waals surface area (Å²) < 4.78 is 6.82. The molecule has 0 bridgehead atoms. The van der Waals surface area contributed by atoms with E-state index in [0.717, 1.165) is 18.8 Å². The predicted octanol–water partition coefficient (Wildman–Crippen LogP) is 4.03. The Balaban J connectivity index is 1.58. The molecule has 0 aromatic carbocycles. The Labute approximate surface area is 132 Å². The van der Waals surface area contributed by atoms with Crippen LogP contribution in [-0.2, 0) is 6.54 Å². The number of nitrogens with one attached hydrogen (secondary N) is 1. The Kier molecular flexibility index (Phi) is 4.94. The Hall–Kier alpha value is -0.620. The normalized spacial score (nSPS) is 17.6. The Bertz CT molecular complexity index is 520. The number of hydrogen-bond acceptors (Lipinski definition) is 4. The van der Waals surface area contributed by atoms with E-state index in [0.29, 0.717) is 6.04 Å². The van der Waals surface area contributed by atoms with Crippen LogP contribution in [-0.4, -0.2) is 24.5 Å². The second kappa shape index (κ2) is 6.89. The number of likely N-dealkylation sites (tertiary alicyclic amines) is 1. The summed E-state index contributed by atoms with van der Waals surface area (Å²) in [5, 5.41) is 3.57. The predicted molar refractivity (Wildman–Crippen MR) is 86.0 cm³/mol. The van der Waals surface area contributed by atoms with Gasteiger partial charge in [-0.15, -0.1) is 11.3 Å². The lowest BCUT2D eigenvalue weighted by molar-refractivity contribution is 0.209. The molecule has 0 amide bonds. The third kappa shape index (κ3) is 3.52. The first-order valence-electron chi connectivity index (χ1n) is 7.05. The van der Waals surface area contributed by atoms with E-state index in [1.165, 1.54) is 34.6 Å². The third-order valence-corrected chi connectivity index (χ3v) is 5.34. The van der Waals surface area contributed by atoms with Crippen LogP contribution in [0.4, 0.5) is 0 Å². The smallest absolute Gasteiger partial charge is 0.122 e. The maximum atomic E-state index is 5.63. The van der Waals surface area contributed by atoms with Crippen molar-refractivity contribution < 1.29 is 4.42 Å². The molecule has 1 aliphatic rings. The zero-order chi connectivity index (χ0) is 13.8. The first kappa shape index (κ1) is 14.3. The molecule has 1 fully saturated rings. The van der Waals surface area contributed by atoms with Gasteiger partial charge in [0.1, 0.15) is 5.76 Å². The summed E-state index contributed by atoms with van der Waals surface area (Å²) in [6, 6.07) is 8.70. The summed E-state index contributed by atoms with van der Waals surface area (Å²) in [6.45, 7) is 4.21. The standard InChI is InChI=1S/C15H19BrN2OS/c16-15-6-5-12(20-15)10-17-11-13(14-4-3-9-19-14)18-7-1-2-8-18/h3-6,9,13,17H,1-2,7-8,10-11H2. The molecule has 1 N–H and O–H groups in total. The van der Waals surface area contributed by atoms with E-state index in [1.54, 1.807) is 17.6 Å². The van der Waals surface area contributed by atoms with E-state index in [-0.39, 0.29) is 0 Å². The summed E-state index contributed by atoms with van der Waals surface area (Å²) in [5.41, 5.74) is 0. The molecule has 0 aliphatic carbocycles. The number of furan rings is 1. The largest absolute Gasteiger partial charge is 0.468 e. The van der Waals surface area contributed by atoms with Gasteiger partial charge in [-0.05, 0) is 66.1 Å². The third-order valence-electron chi connectivity index (χ3n) is 3.72. The van der Waals surface area contributed by atoms with E-state index in [4.69, 9.17) is 4.42 Å². The number of rotatable bonds is 6. The lowest BCUT2D eigenvalue weighted by Crippen LogP contribution is -2.33. The molecule has 20 heavy (non-hydrogen) atoms. The van der Waals surface area contributed by atoms with Gasteiger partial charge in [-0.2, -0.15) is 0 Å². The van der Waals surface area contributed by atoms with Crippen LogP contribution < -0.4 is 5.32 Å². The van der Waals surface area contributed by atoms with Gasteiger partial charge in [-0.1, -0.05) is 0 Å². The van der Waals surface area contributed by atoms with Gasteiger partial charge in [0.15, 0.2) is 0 Å². The maximum absolute atomic E-state index is 5.63. The fraction of sp³-hybridized carbons (Fsp3) is 0.467. The van der Waals surface area contributed by atoms with Crippen molar-refractivity contribution in [2.75, 3.05) is 19.6 Å². The van der Waals surface area contributed by atoms with Crippen LogP contribution in [0.2, 0.25) is 0 Å². The van der Waals surface area contributed by atoms with Gasteiger partial charge in [-0.3, -0.25) is 4.90 Å². The van der Waals surface area contributed by atoms with Crippen LogP contribution in [0.15, 0.2) is 38.7 Å². The van der Waals surface area contributed by atoms with E-state index in [9.17, 15) is 0 Å². The molecule has 0 saturated carbocycles. The van der Waals surface area contributed by atoms with Crippen LogP contribution >= 0.6 is 27.3 Å². The molecule has 3 rings (SSSR count). The molecule has 2 aromatic heterocycles. The molecule has 1 saturated heterocycles. The summed E-state index contributed by atoms with van der Waals surface area (Å²) in [7, 11) is 0. The van der Waals surface area contributed by atoms with Crippen molar-refractivity contribution in [1.82, 2.24) is 10.2 Å². The topological polar surface area (TPSA) is 28.4 Å². The zero-order valence-corrected chi connectivity index (χ0v) is 13.8. The molecule has 5 heteroatoms. The molecular formula is C15H19BrN2OS. The van der Waals surface area contributed by atoms with Gasteiger partial charge in [0.2, 0.25) is 0 Å². The average Bonchev–Trinajstić information content (AvgIpc) is 3.18.